The summed E-state index contributed by atoms with van der Waals surface area (Å²) in [5.74, 6) is -0.265. The van der Waals surface area contributed by atoms with Crippen molar-refractivity contribution in [2.24, 2.45) is 0 Å². The summed E-state index contributed by atoms with van der Waals surface area (Å²) in [4.78, 5) is 29.0. The normalized spacial score (nSPS) is 15.5. The van der Waals surface area contributed by atoms with Gasteiger partial charge < -0.3 is 19.9 Å². The van der Waals surface area contributed by atoms with Crippen LogP contribution in [0.2, 0.25) is 0 Å². The predicted molar refractivity (Wildman–Crippen MR) is 104 cm³/mol. The monoisotopic (exact) mass is 376 g/mol. The fourth-order valence-corrected chi connectivity index (χ4v) is 3.42. The lowest BCUT2D eigenvalue weighted by molar-refractivity contribution is -0.126. The van der Waals surface area contributed by atoms with E-state index in [0.717, 1.165) is 16.8 Å². The van der Waals surface area contributed by atoms with Gasteiger partial charge in [0.1, 0.15) is 5.75 Å². The largest absolute Gasteiger partial charge is 0.497 e. The van der Waals surface area contributed by atoms with Gasteiger partial charge in [-0.25, -0.2) is 4.98 Å². The number of aromatic nitrogens is 2. The number of nitrogens with zero attached hydrogens (tertiary/aromatic N) is 2. The molecule has 0 saturated carbocycles. The number of carbonyl (C=O) groups is 2. The van der Waals surface area contributed by atoms with E-state index in [1.807, 2.05) is 35.0 Å². The minimum absolute atomic E-state index is 0.106. The Bertz CT molecular complexity index is 1010. The highest BCUT2D eigenvalue weighted by molar-refractivity contribution is 6.01. The summed E-state index contributed by atoms with van der Waals surface area (Å²) in [6.07, 6.45) is 5.39. The molecular formula is C21H20N4O3. The van der Waals surface area contributed by atoms with E-state index in [-0.39, 0.29) is 18.2 Å². The molecule has 142 valence electrons. The molecule has 0 unspecified atom stereocenters. The summed E-state index contributed by atoms with van der Waals surface area (Å²) in [5.41, 5.74) is 3.32. The van der Waals surface area contributed by atoms with E-state index in [2.05, 4.69) is 15.6 Å². The van der Waals surface area contributed by atoms with Crippen LogP contribution in [0.3, 0.4) is 0 Å². The van der Waals surface area contributed by atoms with Crippen molar-refractivity contribution in [1.82, 2.24) is 14.9 Å². The van der Waals surface area contributed by atoms with Gasteiger partial charge in [0.2, 0.25) is 11.8 Å². The molecule has 0 saturated heterocycles. The summed E-state index contributed by atoms with van der Waals surface area (Å²) in [6, 6.07) is 13.1. The third kappa shape index (κ3) is 3.46. The molecule has 0 spiro atoms. The van der Waals surface area contributed by atoms with Gasteiger partial charge in [0.25, 0.3) is 0 Å². The number of para-hydroxylation sites is 1. The van der Waals surface area contributed by atoms with Gasteiger partial charge in [0.15, 0.2) is 0 Å². The van der Waals surface area contributed by atoms with Crippen LogP contribution in [-0.2, 0) is 16.1 Å². The minimum Gasteiger partial charge on any atom is -0.497 e. The number of methoxy groups -OCH3 is 1. The number of rotatable bonds is 5. The molecule has 0 aliphatic carbocycles. The van der Waals surface area contributed by atoms with Crippen molar-refractivity contribution in [2.45, 2.75) is 18.9 Å². The Hall–Kier alpha value is -3.61. The van der Waals surface area contributed by atoms with Crippen LogP contribution in [0.4, 0.5) is 5.69 Å². The number of benzene rings is 2. The van der Waals surface area contributed by atoms with E-state index in [1.54, 1.807) is 37.8 Å². The Morgan fingerprint density at radius 3 is 2.96 bits per heavy atom. The zero-order valence-electron chi connectivity index (χ0n) is 15.4. The summed E-state index contributed by atoms with van der Waals surface area (Å²) in [7, 11) is 1.57. The molecule has 1 aromatic heterocycles. The lowest BCUT2D eigenvalue weighted by Crippen LogP contribution is -2.35. The maximum absolute atomic E-state index is 12.9. The fraction of sp³-hybridized carbons (Fsp3) is 0.190. The molecule has 7 heteroatoms. The minimum atomic E-state index is -0.556. The second-order valence-electron chi connectivity index (χ2n) is 6.57. The Morgan fingerprint density at radius 2 is 2.18 bits per heavy atom. The van der Waals surface area contributed by atoms with Gasteiger partial charge in [-0.2, -0.15) is 0 Å². The quantitative estimate of drug-likeness (QED) is 0.717. The molecule has 1 atom stereocenters. The van der Waals surface area contributed by atoms with Crippen molar-refractivity contribution in [3.05, 3.63) is 72.3 Å². The number of ether oxygens (including phenoxy) is 1. The predicted octanol–water partition coefficient (Wildman–Crippen LogP) is 2.62. The molecule has 2 amide bonds. The van der Waals surface area contributed by atoms with Crippen LogP contribution in [0.1, 0.15) is 23.5 Å². The second-order valence-corrected chi connectivity index (χ2v) is 6.57. The summed E-state index contributed by atoms with van der Waals surface area (Å²) < 4.78 is 7.17. The van der Waals surface area contributed by atoms with Gasteiger partial charge >= 0.3 is 0 Å². The first kappa shape index (κ1) is 17.8. The molecule has 2 N–H and O–H groups in total. The molecule has 28 heavy (non-hydrogen) atoms. The van der Waals surface area contributed by atoms with Crippen LogP contribution in [0.15, 0.2) is 61.2 Å². The van der Waals surface area contributed by atoms with E-state index >= 15 is 0 Å². The van der Waals surface area contributed by atoms with E-state index in [1.165, 1.54) is 0 Å². The van der Waals surface area contributed by atoms with Crippen LogP contribution in [0.5, 0.6) is 5.75 Å². The Morgan fingerprint density at radius 1 is 1.32 bits per heavy atom. The third-order valence-corrected chi connectivity index (χ3v) is 4.84. The van der Waals surface area contributed by atoms with Crippen LogP contribution in [-0.4, -0.2) is 28.5 Å². The van der Waals surface area contributed by atoms with Crippen molar-refractivity contribution in [3.8, 4) is 11.4 Å². The first-order chi connectivity index (χ1) is 13.7. The molecule has 0 bridgehead atoms. The molecule has 2 aromatic carbocycles. The van der Waals surface area contributed by atoms with Gasteiger partial charge in [-0.3, -0.25) is 9.59 Å². The second kappa shape index (κ2) is 7.56. The third-order valence-electron chi connectivity index (χ3n) is 4.84. The molecule has 0 fully saturated rings. The number of hydrogen-bond acceptors (Lipinski definition) is 4. The number of amides is 2. The Labute approximate surface area is 162 Å². The van der Waals surface area contributed by atoms with Crippen molar-refractivity contribution in [3.63, 3.8) is 0 Å². The van der Waals surface area contributed by atoms with Crippen molar-refractivity contribution in [2.75, 3.05) is 12.4 Å². The van der Waals surface area contributed by atoms with Crippen LogP contribution < -0.4 is 15.4 Å². The highest BCUT2D eigenvalue weighted by Crippen LogP contribution is 2.35. The fourth-order valence-electron chi connectivity index (χ4n) is 3.42. The van der Waals surface area contributed by atoms with Gasteiger partial charge in [-0.15, -0.1) is 0 Å². The molecule has 3 aromatic rings. The van der Waals surface area contributed by atoms with E-state index < -0.39 is 5.92 Å². The summed E-state index contributed by atoms with van der Waals surface area (Å²) in [5, 5.41) is 5.79. The Kier molecular flexibility index (Phi) is 4.80. The number of nitrogens with one attached hydrogen (secondary N) is 2. The Balaban J connectivity index is 1.55. The lowest BCUT2D eigenvalue weighted by atomic mass is 9.89. The van der Waals surface area contributed by atoms with Crippen molar-refractivity contribution in [1.29, 1.82) is 0 Å². The smallest absolute Gasteiger partial charge is 0.228 e. The first-order valence-electron chi connectivity index (χ1n) is 8.97. The van der Waals surface area contributed by atoms with Crippen LogP contribution >= 0.6 is 0 Å². The van der Waals surface area contributed by atoms with Crippen molar-refractivity contribution >= 4 is 17.5 Å². The van der Waals surface area contributed by atoms with Gasteiger partial charge in [0, 0.05) is 31.0 Å². The molecule has 0 radical (unpaired) electrons. The van der Waals surface area contributed by atoms with Crippen LogP contribution in [0, 0.1) is 0 Å². The van der Waals surface area contributed by atoms with Crippen LogP contribution in [0.25, 0.3) is 5.69 Å². The highest BCUT2D eigenvalue weighted by atomic mass is 16.5. The average molecular weight is 376 g/mol. The zero-order valence-corrected chi connectivity index (χ0v) is 15.4. The number of carbonyl (C=O) groups excluding carboxylic acids is 2. The first-order valence-corrected chi connectivity index (χ1v) is 8.97. The maximum Gasteiger partial charge on any atom is 0.228 e. The molecular weight excluding hydrogens is 356 g/mol. The standard InChI is InChI=1S/C21H20N4O3/c1-28-15-6-7-18-16(10-15)17(11-20(26)24-18)21(27)23-12-14-4-2-3-5-19(14)25-9-8-22-13-25/h2-10,13,17H,11-12H2,1H3,(H,23,27)(H,24,26)/t17-/m0/s1. The maximum atomic E-state index is 12.9. The lowest BCUT2D eigenvalue weighted by Gasteiger charge is -2.25. The van der Waals surface area contributed by atoms with Gasteiger partial charge in [-0.05, 0) is 35.4 Å². The molecule has 2 heterocycles. The topological polar surface area (TPSA) is 85.2 Å². The molecule has 7 nitrogen and oxygen atoms in total. The average Bonchev–Trinajstić information content (AvgIpc) is 3.26. The summed E-state index contributed by atoms with van der Waals surface area (Å²) >= 11 is 0. The number of imidazole rings is 1. The van der Waals surface area contributed by atoms with E-state index in [9.17, 15) is 9.59 Å². The number of hydrogen-bond donors (Lipinski definition) is 2. The SMILES string of the molecule is COc1ccc2c(c1)[C@@H](C(=O)NCc1ccccc1-n1ccnc1)CC(=O)N2. The molecule has 4 rings (SSSR count). The zero-order chi connectivity index (χ0) is 19.5. The van der Waals surface area contributed by atoms with Gasteiger partial charge in [0.05, 0.1) is 25.0 Å². The van der Waals surface area contributed by atoms with E-state index in [0.29, 0.717) is 18.0 Å². The van der Waals surface area contributed by atoms with E-state index in [4.69, 9.17) is 4.74 Å². The molecule has 1 aliphatic heterocycles. The molecule has 1 aliphatic rings. The van der Waals surface area contributed by atoms with Crippen molar-refractivity contribution < 1.29 is 14.3 Å². The highest BCUT2D eigenvalue weighted by Gasteiger charge is 2.31. The number of fused-ring (bicyclic) bond motifs is 1. The summed E-state index contributed by atoms with van der Waals surface area (Å²) in [6.45, 7) is 0.352. The number of anilines is 1. The van der Waals surface area contributed by atoms with Gasteiger partial charge in [-0.1, -0.05) is 18.2 Å².